The Morgan fingerprint density at radius 2 is 1.95 bits per heavy atom. The first kappa shape index (κ1) is 15.1. The Kier molecular flexibility index (Phi) is 4.77. The van der Waals surface area contributed by atoms with E-state index in [1.165, 1.54) is 0 Å². The molecule has 0 aromatic heterocycles. The summed E-state index contributed by atoms with van der Waals surface area (Å²) in [5, 5.41) is 11.1. The molecule has 6 heteroatoms. The van der Waals surface area contributed by atoms with Gasteiger partial charge in [0.2, 0.25) is 0 Å². The van der Waals surface area contributed by atoms with Gasteiger partial charge in [-0.15, -0.1) is 0 Å². The van der Waals surface area contributed by atoms with Crippen molar-refractivity contribution < 1.29 is 13.5 Å². The number of hydrogen-bond acceptors (Lipinski definition) is 3. The van der Waals surface area contributed by atoms with Crippen LogP contribution in [0, 0.1) is 5.92 Å². The Labute approximate surface area is 123 Å². The molecule has 1 saturated heterocycles. The number of aliphatic hydroxyl groups excluding tert-OH is 1. The molecule has 2 unspecified atom stereocenters. The van der Waals surface area contributed by atoms with Crippen LogP contribution in [-0.2, 0) is 16.3 Å². The van der Waals surface area contributed by atoms with Crippen LogP contribution in [0.5, 0.6) is 0 Å². The summed E-state index contributed by atoms with van der Waals surface area (Å²) in [4.78, 5) is 0. The Hall–Kier alpha value is -0.290. The van der Waals surface area contributed by atoms with Crippen molar-refractivity contribution in [1.82, 2.24) is 0 Å². The van der Waals surface area contributed by atoms with E-state index in [1.54, 1.807) is 18.2 Å². The van der Waals surface area contributed by atoms with Crippen LogP contribution in [0.1, 0.15) is 18.4 Å². The highest BCUT2D eigenvalue weighted by atomic mass is 35.5. The number of halogens is 2. The average Bonchev–Trinajstić information content (AvgIpc) is 2.63. The van der Waals surface area contributed by atoms with Crippen molar-refractivity contribution in [3.05, 3.63) is 33.8 Å². The monoisotopic (exact) mass is 322 g/mol. The van der Waals surface area contributed by atoms with Gasteiger partial charge in [0.1, 0.15) is 0 Å². The summed E-state index contributed by atoms with van der Waals surface area (Å²) in [6.07, 6.45) is 0.849. The molecule has 3 nitrogen and oxygen atoms in total. The smallest absolute Gasteiger partial charge is 0.150 e. The van der Waals surface area contributed by atoms with Gasteiger partial charge in [-0.3, -0.25) is 0 Å². The first-order valence-electron chi connectivity index (χ1n) is 6.19. The zero-order valence-corrected chi connectivity index (χ0v) is 12.7. The summed E-state index contributed by atoms with van der Waals surface area (Å²) in [6.45, 7) is 0. The second-order valence-corrected chi connectivity index (χ2v) is 8.11. The quantitative estimate of drug-likeness (QED) is 0.927. The average molecular weight is 323 g/mol. The molecule has 1 aromatic rings. The van der Waals surface area contributed by atoms with E-state index in [4.69, 9.17) is 23.2 Å². The molecule has 106 valence electrons. The highest BCUT2D eigenvalue weighted by molar-refractivity contribution is 7.91. The molecule has 0 radical (unpaired) electrons. The molecule has 2 atom stereocenters. The Bertz CT molecular complexity index is 537. The van der Waals surface area contributed by atoms with Gasteiger partial charge in [0.05, 0.1) is 17.6 Å². The van der Waals surface area contributed by atoms with Crippen LogP contribution in [0.15, 0.2) is 18.2 Å². The highest BCUT2D eigenvalue weighted by Gasteiger charge is 2.29. The minimum atomic E-state index is -2.89. The van der Waals surface area contributed by atoms with Gasteiger partial charge < -0.3 is 5.11 Å². The minimum Gasteiger partial charge on any atom is -0.393 e. The summed E-state index contributed by atoms with van der Waals surface area (Å²) in [6, 6.07) is 5.22. The molecule has 1 aromatic carbocycles. The molecule has 1 N–H and O–H groups in total. The number of aliphatic hydroxyl groups is 1. The third kappa shape index (κ3) is 4.09. The Morgan fingerprint density at radius 3 is 2.47 bits per heavy atom. The van der Waals surface area contributed by atoms with Crippen molar-refractivity contribution in [2.24, 2.45) is 5.92 Å². The topological polar surface area (TPSA) is 54.4 Å². The molecule has 1 aliphatic heterocycles. The van der Waals surface area contributed by atoms with Crippen molar-refractivity contribution >= 4 is 33.0 Å². The van der Waals surface area contributed by atoms with Gasteiger partial charge in [-0.1, -0.05) is 29.3 Å². The summed E-state index contributed by atoms with van der Waals surface area (Å²) < 4.78 is 22.7. The Morgan fingerprint density at radius 1 is 1.32 bits per heavy atom. The lowest BCUT2D eigenvalue weighted by molar-refractivity contribution is 0.147. The summed E-state index contributed by atoms with van der Waals surface area (Å²) in [5.74, 6) is 0.457. The largest absolute Gasteiger partial charge is 0.393 e. The minimum absolute atomic E-state index is 0.0428. The Balaban J connectivity index is 1.97. The fourth-order valence-electron chi connectivity index (χ4n) is 2.49. The van der Waals surface area contributed by atoms with Crippen LogP contribution in [0.3, 0.4) is 0 Å². The maximum Gasteiger partial charge on any atom is 0.150 e. The van der Waals surface area contributed by atoms with E-state index >= 15 is 0 Å². The van der Waals surface area contributed by atoms with Gasteiger partial charge >= 0.3 is 0 Å². The van der Waals surface area contributed by atoms with Gasteiger partial charge in [0.25, 0.3) is 0 Å². The van der Waals surface area contributed by atoms with Gasteiger partial charge in [0, 0.05) is 16.5 Å². The molecule has 1 fully saturated rings. The molecule has 0 saturated carbocycles. The fraction of sp³-hybridized carbons (Fsp3) is 0.538. The SMILES string of the molecule is O=S1(=O)CCC(CC(O)Cc2c(Cl)cccc2Cl)C1. The second kappa shape index (κ2) is 6.00. The molecule has 1 aliphatic rings. The number of benzene rings is 1. The molecule has 0 aliphatic carbocycles. The van der Waals surface area contributed by atoms with E-state index in [0.717, 1.165) is 5.56 Å². The second-order valence-electron chi connectivity index (χ2n) is 5.06. The summed E-state index contributed by atoms with van der Waals surface area (Å²) in [5.41, 5.74) is 0.721. The zero-order chi connectivity index (χ0) is 14.0. The molecule has 0 spiro atoms. The molecule has 0 bridgehead atoms. The molecular weight excluding hydrogens is 307 g/mol. The van der Waals surface area contributed by atoms with Gasteiger partial charge in [-0.25, -0.2) is 8.42 Å². The van der Waals surface area contributed by atoms with Crippen molar-refractivity contribution in [3.63, 3.8) is 0 Å². The molecule has 1 heterocycles. The lowest BCUT2D eigenvalue weighted by Crippen LogP contribution is -2.17. The van der Waals surface area contributed by atoms with Gasteiger partial charge in [-0.05, 0) is 36.5 Å². The van der Waals surface area contributed by atoms with E-state index in [-0.39, 0.29) is 17.4 Å². The van der Waals surface area contributed by atoms with Crippen LogP contribution in [-0.4, -0.2) is 31.1 Å². The first-order chi connectivity index (χ1) is 8.87. The highest BCUT2D eigenvalue weighted by Crippen LogP contribution is 2.28. The van der Waals surface area contributed by atoms with Crippen LogP contribution < -0.4 is 0 Å². The predicted molar refractivity (Wildman–Crippen MR) is 77.6 cm³/mol. The van der Waals surface area contributed by atoms with E-state index < -0.39 is 15.9 Å². The molecule has 2 rings (SSSR count). The number of hydrogen-bond donors (Lipinski definition) is 1. The van der Waals surface area contributed by atoms with Crippen molar-refractivity contribution in [1.29, 1.82) is 0 Å². The molecular formula is C13H16Cl2O3S. The molecule has 19 heavy (non-hydrogen) atoms. The third-order valence-electron chi connectivity index (χ3n) is 3.43. The summed E-state index contributed by atoms with van der Waals surface area (Å²) in [7, 11) is -2.89. The summed E-state index contributed by atoms with van der Waals surface area (Å²) >= 11 is 12.1. The number of rotatable bonds is 4. The first-order valence-corrected chi connectivity index (χ1v) is 8.76. The lowest BCUT2D eigenvalue weighted by atomic mass is 9.96. The number of sulfone groups is 1. The normalized spacial score (nSPS) is 23.4. The van der Waals surface area contributed by atoms with E-state index in [1.807, 2.05) is 0 Å². The predicted octanol–water partition coefficient (Wildman–Crippen LogP) is 2.72. The lowest BCUT2D eigenvalue weighted by Gasteiger charge is -2.16. The van der Waals surface area contributed by atoms with Gasteiger partial charge in [-0.2, -0.15) is 0 Å². The maximum absolute atomic E-state index is 11.4. The van der Waals surface area contributed by atoms with E-state index in [2.05, 4.69) is 0 Å². The van der Waals surface area contributed by atoms with Crippen molar-refractivity contribution in [2.75, 3.05) is 11.5 Å². The zero-order valence-electron chi connectivity index (χ0n) is 10.4. The van der Waals surface area contributed by atoms with Crippen molar-refractivity contribution in [3.8, 4) is 0 Å². The van der Waals surface area contributed by atoms with Crippen LogP contribution in [0.4, 0.5) is 0 Å². The van der Waals surface area contributed by atoms with E-state index in [9.17, 15) is 13.5 Å². The standard InChI is InChI=1S/C13H16Cl2O3S/c14-12-2-1-3-13(15)11(12)7-10(16)6-9-4-5-19(17,18)8-9/h1-3,9-10,16H,4-8H2. The van der Waals surface area contributed by atoms with Gasteiger partial charge in [0.15, 0.2) is 9.84 Å². The van der Waals surface area contributed by atoms with E-state index in [0.29, 0.717) is 29.3 Å². The van der Waals surface area contributed by atoms with Crippen LogP contribution >= 0.6 is 23.2 Å². The van der Waals surface area contributed by atoms with Crippen LogP contribution in [0.25, 0.3) is 0 Å². The maximum atomic E-state index is 11.4. The molecule has 0 amide bonds. The third-order valence-corrected chi connectivity index (χ3v) is 5.98. The van der Waals surface area contributed by atoms with Crippen LogP contribution in [0.2, 0.25) is 10.0 Å². The fourth-order valence-corrected chi connectivity index (χ4v) is 4.92. The van der Waals surface area contributed by atoms with Crippen molar-refractivity contribution in [2.45, 2.75) is 25.4 Å².